The highest BCUT2D eigenvalue weighted by Gasteiger charge is 2.01. The number of rotatable bonds is 4. The summed E-state index contributed by atoms with van der Waals surface area (Å²) < 4.78 is 11.9. The van der Waals surface area contributed by atoms with Gasteiger partial charge >= 0.3 is 0 Å². The average Bonchev–Trinajstić information content (AvgIpc) is 2.38. The highest BCUT2D eigenvalue weighted by Crippen LogP contribution is 2.08. The summed E-state index contributed by atoms with van der Waals surface area (Å²) in [5.41, 5.74) is 4.94. The number of benzene rings is 2. The van der Waals surface area contributed by atoms with Crippen molar-refractivity contribution in [3.63, 3.8) is 0 Å². The summed E-state index contributed by atoms with van der Waals surface area (Å²) in [6.07, 6.45) is 0. The first-order valence-electron chi connectivity index (χ1n) is 5.31. The van der Waals surface area contributed by atoms with Crippen LogP contribution in [-0.4, -0.2) is 4.21 Å². The van der Waals surface area contributed by atoms with Gasteiger partial charge < -0.3 is 5.43 Å². The zero-order valence-electron chi connectivity index (χ0n) is 9.51. The normalized spacial score (nSPS) is 12.1. The molecule has 0 fully saturated rings. The molecule has 2 rings (SSSR count). The van der Waals surface area contributed by atoms with Gasteiger partial charge in [-0.25, -0.2) is 4.21 Å². The molecule has 17 heavy (non-hydrogen) atoms. The number of nitrogens with one attached hydrogen (secondary N) is 2. The van der Waals surface area contributed by atoms with Crippen LogP contribution in [0.25, 0.3) is 0 Å². The lowest BCUT2D eigenvalue weighted by Gasteiger charge is -2.07. The maximum atomic E-state index is 11.9. The maximum Gasteiger partial charge on any atom is 0.143 e. The molecule has 1 atom stereocenters. The Balaban J connectivity index is 1.96. The molecule has 0 saturated carbocycles. The lowest BCUT2D eigenvalue weighted by Crippen LogP contribution is -2.24. The second-order valence-electron chi connectivity index (χ2n) is 3.67. The van der Waals surface area contributed by atoms with Gasteiger partial charge in [0.05, 0.1) is 4.90 Å². The summed E-state index contributed by atoms with van der Waals surface area (Å²) in [6, 6.07) is 17.2. The number of aryl methyl sites for hydroxylation is 1. The van der Waals surface area contributed by atoms with E-state index in [0.717, 1.165) is 16.1 Å². The number of hydrogen-bond donors (Lipinski definition) is 2. The van der Waals surface area contributed by atoms with Crippen molar-refractivity contribution in [2.24, 2.45) is 0 Å². The van der Waals surface area contributed by atoms with E-state index < -0.39 is 11.0 Å². The Hall–Kier alpha value is -1.65. The molecule has 0 aliphatic rings. The van der Waals surface area contributed by atoms with Gasteiger partial charge in [0, 0.05) is 5.69 Å². The third kappa shape index (κ3) is 3.41. The van der Waals surface area contributed by atoms with Gasteiger partial charge in [-0.2, -0.15) is 0 Å². The molecule has 0 saturated heterocycles. The zero-order valence-corrected chi connectivity index (χ0v) is 10.3. The molecule has 0 aromatic heterocycles. The van der Waals surface area contributed by atoms with Crippen molar-refractivity contribution in [2.75, 3.05) is 5.43 Å². The van der Waals surface area contributed by atoms with Crippen LogP contribution in [0.2, 0.25) is 0 Å². The van der Waals surface area contributed by atoms with Gasteiger partial charge in [0.1, 0.15) is 11.0 Å². The third-order valence-corrected chi connectivity index (χ3v) is 3.28. The summed E-state index contributed by atoms with van der Waals surface area (Å²) in [7, 11) is -1.25. The Morgan fingerprint density at radius 2 is 1.59 bits per heavy atom. The predicted octanol–water partition coefficient (Wildman–Crippen LogP) is 2.63. The predicted molar refractivity (Wildman–Crippen MR) is 70.8 cm³/mol. The van der Waals surface area contributed by atoms with Crippen molar-refractivity contribution in [3.05, 3.63) is 60.2 Å². The van der Waals surface area contributed by atoms with E-state index in [2.05, 4.69) is 10.3 Å². The number of para-hydroxylation sites is 1. The highest BCUT2D eigenvalue weighted by molar-refractivity contribution is 7.83. The fourth-order valence-electron chi connectivity index (χ4n) is 1.35. The monoisotopic (exact) mass is 246 g/mol. The van der Waals surface area contributed by atoms with Crippen LogP contribution in [-0.2, 0) is 11.0 Å². The van der Waals surface area contributed by atoms with E-state index in [1.54, 1.807) is 0 Å². The van der Waals surface area contributed by atoms with Crippen molar-refractivity contribution >= 4 is 16.7 Å². The number of hydrazine groups is 1. The molecule has 0 radical (unpaired) electrons. The minimum Gasteiger partial charge on any atom is -0.310 e. The quantitative estimate of drug-likeness (QED) is 0.814. The zero-order chi connectivity index (χ0) is 12.1. The van der Waals surface area contributed by atoms with Crippen molar-refractivity contribution in [2.45, 2.75) is 11.8 Å². The van der Waals surface area contributed by atoms with Crippen molar-refractivity contribution in [1.29, 1.82) is 0 Å². The van der Waals surface area contributed by atoms with E-state index in [9.17, 15) is 4.21 Å². The van der Waals surface area contributed by atoms with Gasteiger partial charge in [0.25, 0.3) is 0 Å². The Labute approximate surface area is 103 Å². The fraction of sp³-hybridized carbons (Fsp3) is 0.0769. The molecule has 2 N–H and O–H groups in total. The lowest BCUT2D eigenvalue weighted by atomic mass is 10.2. The van der Waals surface area contributed by atoms with Crippen molar-refractivity contribution < 1.29 is 4.21 Å². The highest BCUT2D eigenvalue weighted by atomic mass is 32.2. The first kappa shape index (κ1) is 11.8. The summed E-state index contributed by atoms with van der Waals surface area (Å²) in [6.45, 7) is 2.00. The van der Waals surface area contributed by atoms with Gasteiger partial charge in [-0.3, -0.25) is 0 Å². The third-order valence-electron chi connectivity index (χ3n) is 2.30. The smallest absolute Gasteiger partial charge is 0.143 e. The topological polar surface area (TPSA) is 41.1 Å². The molecule has 0 aliphatic heterocycles. The van der Waals surface area contributed by atoms with Gasteiger partial charge in [0.2, 0.25) is 0 Å². The Kier molecular flexibility index (Phi) is 3.90. The summed E-state index contributed by atoms with van der Waals surface area (Å²) in [5.74, 6) is 0. The van der Waals surface area contributed by atoms with E-state index in [-0.39, 0.29) is 0 Å². The van der Waals surface area contributed by atoms with Crippen LogP contribution in [0.15, 0.2) is 59.5 Å². The molecule has 0 spiro atoms. The summed E-state index contributed by atoms with van der Waals surface area (Å²) in [4.78, 5) is 3.51. The number of anilines is 1. The SMILES string of the molecule is Cc1ccc([S@@](=O)NNc2ccccc2)cc1. The summed E-state index contributed by atoms with van der Waals surface area (Å²) >= 11 is 0. The van der Waals surface area contributed by atoms with E-state index >= 15 is 0 Å². The number of hydrogen-bond acceptors (Lipinski definition) is 2. The average molecular weight is 246 g/mol. The van der Waals surface area contributed by atoms with E-state index in [4.69, 9.17) is 0 Å². The molecule has 0 heterocycles. The first-order chi connectivity index (χ1) is 8.25. The molecule has 3 nitrogen and oxygen atoms in total. The van der Waals surface area contributed by atoms with Crippen LogP contribution in [0.4, 0.5) is 5.69 Å². The molecule has 2 aromatic carbocycles. The van der Waals surface area contributed by atoms with Crippen LogP contribution < -0.4 is 10.3 Å². The van der Waals surface area contributed by atoms with Crippen LogP contribution in [0.3, 0.4) is 0 Å². The minimum atomic E-state index is -1.25. The second-order valence-corrected chi connectivity index (χ2v) is 4.89. The van der Waals surface area contributed by atoms with E-state index in [0.29, 0.717) is 0 Å². The first-order valence-corrected chi connectivity index (χ1v) is 6.46. The van der Waals surface area contributed by atoms with Gasteiger partial charge in [-0.1, -0.05) is 35.9 Å². The molecule has 0 bridgehead atoms. The van der Waals surface area contributed by atoms with Crippen LogP contribution in [0.1, 0.15) is 5.56 Å². The standard InChI is InChI=1S/C13H14N2OS/c1-11-7-9-13(10-8-11)17(16)15-14-12-5-3-2-4-6-12/h2-10,14-15H,1H3/t17-/m1/s1. The lowest BCUT2D eigenvalue weighted by molar-refractivity contribution is 0.677. The Morgan fingerprint density at radius 3 is 2.24 bits per heavy atom. The molecule has 4 heteroatoms. The molecule has 0 amide bonds. The van der Waals surface area contributed by atoms with Crippen molar-refractivity contribution in [3.8, 4) is 0 Å². The van der Waals surface area contributed by atoms with Gasteiger partial charge in [-0.15, -0.1) is 4.83 Å². The second kappa shape index (κ2) is 5.61. The molecule has 0 unspecified atom stereocenters. The molecular formula is C13H14N2OS. The van der Waals surface area contributed by atoms with Crippen molar-refractivity contribution in [1.82, 2.24) is 4.83 Å². The molecule has 88 valence electrons. The van der Waals surface area contributed by atoms with Gasteiger partial charge in [-0.05, 0) is 31.2 Å². The summed E-state index contributed by atoms with van der Waals surface area (Å²) in [5, 5.41) is 0. The van der Waals surface area contributed by atoms with E-state index in [1.807, 2.05) is 61.5 Å². The fourth-order valence-corrected chi connectivity index (χ4v) is 2.06. The molecule has 0 aliphatic carbocycles. The van der Waals surface area contributed by atoms with Crippen LogP contribution in [0, 0.1) is 6.92 Å². The largest absolute Gasteiger partial charge is 0.310 e. The minimum absolute atomic E-state index is 0.749. The Bertz CT molecular complexity index is 497. The van der Waals surface area contributed by atoms with Crippen LogP contribution in [0.5, 0.6) is 0 Å². The van der Waals surface area contributed by atoms with E-state index in [1.165, 1.54) is 0 Å². The van der Waals surface area contributed by atoms with Crippen LogP contribution >= 0.6 is 0 Å². The molecular weight excluding hydrogens is 232 g/mol. The maximum absolute atomic E-state index is 11.9. The Morgan fingerprint density at radius 1 is 0.941 bits per heavy atom. The molecule has 2 aromatic rings. The van der Waals surface area contributed by atoms with Gasteiger partial charge in [0.15, 0.2) is 0 Å².